The number of anilines is 1. The molecule has 2 rings (SSSR count). The van der Waals surface area contributed by atoms with Crippen LogP contribution in [0.1, 0.15) is 10.4 Å². The number of methoxy groups -OCH3 is 1. The fourth-order valence-electron chi connectivity index (χ4n) is 1.84. The summed E-state index contributed by atoms with van der Waals surface area (Å²) in [5.41, 5.74) is 1.07. The Morgan fingerprint density at radius 2 is 1.96 bits per heavy atom. The molecule has 0 fully saturated rings. The predicted octanol–water partition coefficient (Wildman–Crippen LogP) is 4.64. The minimum Gasteiger partial charge on any atom is -0.495 e. The largest absolute Gasteiger partial charge is 0.495 e. The third-order valence-electron chi connectivity index (χ3n) is 2.84. The lowest BCUT2D eigenvalue weighted by Gasteiger charge is -2.14. The lowest BCUT2D eigenvalue weighted by atomic mass is 10.2. The second kappa shape index (κ2) is 8.14. The van der Waals surface area contributed by atoms with E-state index in [0.29, 0.717) is 21.5 Å². The number of hydrogen-bond donors (Lipinski definition) is 3. The number of benzene rings is 2. The molecule has 0 aliphatic heterocycles. The van der Waals surface area contributed by atoms with Crippen LogP contribution in [-0.2, 0) is 0 Å². The number of carbonyl (C=O) groups excluding carboxylic acids is 1. The average molecular weight is 476 g/mol. The Morgan fingerprint density at radius 1 is 1.26 bits per heavy atom. The summed E-state index contributed by atoms with van der Waals surface area (Å²) in [6, 6.07) is 10.8. The Hall–Kier alpha value is -1.09. The number of rotatable bonds is 3. The Balaban J connectivity index is 2.16. The highest BCUT2D eigenvalue weighted by molar-refractivity contribution is 9.11. The summed E-state index contributed by atoms with van der Waals surface area (Å²) in [5, 5.41) is 5.74. The summed E-state index contributed by atoms with van der Waals surface area (Å²) in [4.78, 5) is 13.2. The minimum absolute atomic E-state index is 0.176. The smallest absolute Gasteiger partial charge is 0.261 e. The third-order valence-corrected chi connectivity index (χ3v) is 4.48. The van der Waals surface area contributed by atoms with Crippen molar-refractivity contribution in [3.8, 4) is 5.75 Å². The van der Waals surface area contributed by atoms with E-state index in [9.17, 15) is 4.79 Å². The normalized spacial score (nSPS) is 10.1. The highest BCUT2D eigenvalue weighted by atomic mass is 79.9. The zero-order valence-corrected chi connectivity index (χ0v) is 16.8. The quantitative estimate of drug-likeness (QED) is 0.447. The number of ether oxygens (including phenoxy) is 1. The van der Waals surface area contributed by atoms with Crippen LogP contribution in [0, 0.1) is 0 Å². The molecule has 0 unspecified atom stereocenters. The van der Waals surface area contributed by atoms with Crippen molar-refractivity contribution in [2.75, 3.05) is 12.4 Å². The molecule has 0 aromatic heterocycles. The molecule has 2 aromatic carbocycles. The molecule has 0 radical (unpaired) electrons. The van der Waals surface area contributed by atoms with Crippen molar-refractivity contribution in [3.63, 3.8) is 0 Å². The minimum atomic E-state index is -0.377. The number of nitrogens with one attached hydrogen (secondary N) is 2. The standard InChI is InChI=1S/C15H12Br2N2O2S2/c1-21-13-9(6-8(16)7-10(13)17)14(20)19-15(23)18-11-4-2-3-5-12(11)22/h2-7,22H,1H3,(H2,18,19,20,23). The molecule has 0 saturated heterocycles. The molecule has 2 aromatic rings. The summed E-state index contributed by atoms with van der Waals surface area (Å²) in [6.45, 7) is 0. The topological polar surface area (TPSA) is 50.4 Å². The Kier molecular flexibility index (Phi) is 6.46. The molecule has 0 atom stereocenters. The van der Waals surface area contributed by atoms with E-state index in [0.717, 1.165) is 9.37 Å². The molecular weight excluding hydrogens is 464 g/mol. The molecule has 1 amide bonds. The van der Waals surface area contributed by atoms with Crippen molar-refractivity contribution in [3.05, 3.63) is 50.9 Å². The number of para-hydroxylation sites is 1. The van der Waals surface area contributed by atoms with Crippen molar-refractivity contribution >= 4 is 73.4 Å². The molecule has 0 heterocycles. The maximum atomic E-state index is 12.4. The lowest BCUT2D eigenvalue weighted by Crippen LogP contribution is -2.34. The Bertz CT molecular complexity index is 769. The van der Waals surface area contributed by atoms with Crippen LogP contribution < -0.4 is 15.4 Å². The van der Waals surface area contributed by atoms with Gasteiger partial charge in [0.1, 0.15) is 5.75 Å². The molecule has 23 heavy (non-hydrogen) atoms. The van der Waals surface area contributed by atoms with Gasteiger partial charge in [0.2, 0.25) is 0 Å². The van der Waals surface area contributed by atoms with Gasteiger partial charge in [0.15, 0.2) is 5.11 Å². The van der Waals surface area contributed by atoms with Crippen LogP contribution in [0.25, 0.3) is 0 Å². The van der Waals surface area contributed by atoms with E-state index < -0.39 is 0 Å². The molecule has 8 heteroatoms. The highest BCUT2D eigenvalue weighted by Crippen LogP contribution is 2.32. The molecular formula is C15H12Br2N2O2S2. The van der Waals surface area contributed by atoms with Crippen molar-refractivity contribution in [2.45, 2.75) is 4.90 Å². The van der Waals surface area contributed by atoms with Gasteiger partial charge in [-0.1, -0.05) is 28.1 Å². The Morgan fingerprint density at radius 3 is 2.61 bits per heavy atom. The number of carbonyl (C=O) groups is 1. The molecule has 2 N–H and O–H groups in total. The van der Waals surface area contributed by atoms with Gasteiger partial charge in [0.25, 0.3) is 5.91 Å². The predicted molar refractivity (Wildman–Crippen MR) is 106 cm³/mol. The van der Waals surface area contributed by atoms with E-state index in [1.54, 1.807) is 12.1 Å². The SMILES string of the molecule is COc1c(Br)cc(Br)cc1C(=O)NC(=S)Nc1ccccc1S. The van der Waals surface area contributed by atoms with Crippen molar-refractivity contribution in [1.82, 2.24) is 5.32 Å². The maximum absolute atomic E-state index is 12.4. The monoisotopic (exact) mass is 474 g/mol. The van der Waals surface area contributed by atoms with E-state index in [-0.39, 0.29) is 11.0 Å². The van der Waals surface area contributed by atoms with Crippen LogP contribution >= 0.6 is 56.7 Å². The summed E-state index contributed by atoms with van der Waals surface area (Å²) < 4.78 is 6.68. The average Bonchev–Trinajstić information content (AvgIpc) is 2.48. The molecule has 0 aliphatic carbocycles. The number of thiocarbonyl (C=S) groups is 1. The molecule has 0 bridgehead atoms. The number of thiol groups is 1. The van der Waals surface area contributed by atoms with E-state index in [1.165, 1.54) is 7.11 Å². The van der Waals surface area contributed by atoms with Gasteiger partial charge >= 0.3 is 0 Å². The molecule has 120 valence electrons. The third kappa shape index (κ3) is 4.69. The summed E-state index contributed by atoms with van der Waals surface area (Å²) in [7, 11) is 1.50. The first-order chi connectivity index (χ1) is 10.9. The first kappa shape index (κ1) is 18.3. The van der Waals surface area contributed by atoms with Crippen LogP contribution in [0.2, 0.25) is 0 Å². The fraction of sp³-hybridized carbons (Fsp3) is 0.0667. The maximum Gasteiger partial charge on any atom is 0.261 e. The van der Waals surface area contributed by atoms with Crippen molar-refractivity contribution in [1.29, 1.82) is 0 Å². The van der Waals surface area contributed by atoms with E-state index in [4.69, 9.17) is 17.0 Å². The zero-order chi connectivity index (χ0) is 17.0. The summed E-state index contributed by atoms with van der Waals surface area (Å²) >= 11 is 16.2. The number of hydrogen-bond acceptors (Lipinski definition) is 4. The second-order valence-electron chi connectivity index (χ2n) is 4.39. The van der Waals surface area contributed by atoms with Gasteiger partial charge in [-0.25, -0.2) is 0 Å². The van der Waals surface area contributed by atoms with Gasteiger partial charge in [-0.2, -0.15) is 0 Å². The summed E-state index contributed by atoms with van der Waals surface area (Å²) in [5.74, 6) is 0.0566. The van der Waals surface area contributed by atoms with E-state index >= 15 is 0 Å². The van der Waals surface area contributed by atoms with Crippen LogP contribution in [-0.4, -0.2) is 18.1 Å². The second-order valence-corrected chi connectivity index (χ2v) is 7.05. The number of amides is 1. The van der Waals surface area contributed by atoms with E-state index in [2.05, 4.69) is 55.1 Å². The molecule has 4 nitrogen and oxygen atoms in total. The number of halogens is 2. The Labute approximate surface area is 161 Å². The van der Waals surface area contributed by atoms with E-state index in [1.807, 2.05) is 24.3 Å². The van der Waals surface area contributed by atoms with Gasteiger partial charge in [-0.05, 0) is 52.4 Å². The van der Waals surface area contributed by atoms with Crippen LogP contribution in [0.5, 0.6) is 5.75 Å². The lowest BCUT2D eigenvalue weighted by molar-refractivity contribution is 0.0974. The van der Waals surface area contributed by atoms with Crippen molar-refractivity contribution < 1.29 is 9.53 Å². The first-order valence-electron chi connectivity index (χ1n) is 6.35. The molecule has 0 aliphatic rings. The van der Waals surface area contributed by atoms with Crippen LogP contribution in [0.4, 0.5) is 5.69 Å². The zero-order valence-electron chi connectivity index (χ0n) is 11.9. The van der Waals surface area contributed by atoms with Gasteiger partial charge in [-0.3, -0.25) is 10.1 Å². The summed E-state index contributed by atoms with van der Waals surface area (Å²) in [6.07, 6.45) is 0. The highest BCUT2D eigenvalue weighted by Gasteiger charge is 2.17. The molecule has 0 spiro atoms. The molecule has 0 saturated carbocycles. The van der Waals surface area contributed by atoms with Gasteiger partial charge in [0.05, 0.1) is 22.8 Å². The van der Waals surface area contributed by atoms with Gasteiger partial charge < -0.3 is 10.1 Å². The van der Waals surface area contributed by atoms with Crippen LogP contribution in [0.15, 0.2) is 50.2 Å². The van der Waals surface area contributed by atoms with Gasteiger partial charge in [0, 0.05) is 9.37 Å². The first-order valence-corrected chi connectivity index (χ1v) is 8.80. The van der Waals surface area contributed by atoms with Crippen molar-refractivity contribution in [2.24, 2.45) is 0 Å². The van der Waals surface area contributed by atoms with Gasteiger partial charge in [-0.15, -0.1) is 12.6 Å². The van der Waals surface area contributed by atoms with Crippen LogP contribution in [0.3, 0.4) is 0 Å². The fourth-order valence-corrected chi connectivity index (χ4v) is 3.65.